The molecule has 0 bridgehead atoms. The molecule has 3 aromatic rings. The number of rotatable bonds is 7. The molecule has 4 amide bonds. The van der Waals surface area contributed by atoms with E-state index in [2.05, 4.69) is 5.32 Å². The van der Waals surface area contributed by atoms with Crippen LogP contribution in [-0.4, -0.2) is 51.7 Å². The number of ether oxygens (including phenoxy) is 2. The number of amides is 4. The topological polar surface area (TPSA) is 105 Å². The van der Waals surface area contributed by atoms with Crippen LogP contribution in [0, 0.1) is 0 Å². The number of imide groups is 1. The monoisotopic (exact) mass is 545 g/mol. The van der Waals surface area contributed by atoms with Crippen LogP contribution in [0.15, 0.2) is 77.7 Å². The number of para-hydroxylation sites is 1. The van der Waals surface area contributed by atoms with Gasteiger partial charge in [0.2, 0.25) is 0 Å². The molecule has 38 heavy (non-hydrogen) atoms. The molecule has 1 saturated heterocycles. The van der Waals surface area contributed by atoms with Crippen LogP contribution >= 0.6 is 24.0 Å². The molecule has 2 heterocycles. The van der Waals surface area contributed by atoms with E-state index in [9.17, 15) is 19.2 Å². The zero-order valence-electron chi connectivity index (χ0n) is 19.9. The van der Waals surface area contributed by atoms with Gasteiger partial charge in [0.1, 0.15) is 0 Å². The summed E-state index contributed by atoms with van der Waals surface area (Å²) in [5, 5.41) is 4.44. The average Bonchev–Trinajstić information content (AvgIpc) is 3.34. The summed E-state index contributed by atoms with van der Waals surface area (Å²) in [6, 6.07) is 20.3. The molecule has 11 heteroatoms. The van der Waals surface area contributed by atoms with E-state index in [4.69, 9.17) is 21.7 Å². The number of carbonyl (C=O) groups is 4. The van der Waals surface area contributed by atoms with Crippen LogP contribution in [0.25, 0.3) is 6.08 Å². The number of fused-ring (bicyclic) bond motifs is 1. The summed E-state index contributed by atoms with van der Waals surface area (Å²) in [6.45, 7) is -0.233. The Morgan fingerprint density at radius 2 is 1.55 bits per heavy atom. The Kier molecular flexibility index (Phi) is 6.95. The maximum absolute atomic E-state index is 13.2. The smallest absolute Gasteiger partial charge is 0.285 e. The number of methoxy groups -OCH3 is 1. The summed E-state index contributed by atoms with van der Waals surface area (Å²) < 4.78 is 11.1. The van der Waals surface area contributed by atoms with Gasteiger partial charge in [-0.2, -0.15) is 10.0 Å². The lowest BCUT2D eigenvalue weighted by molar-refractivity contribution is -0.128. The summed E-state index contributed by atoms with van der Waals surface area (Å²) in [5.41, 5.74) is 1.68. The third kappa shape index (κ3) is 4.76. The fraction of sp³-hybridized carbons (Fsp3) is 0.0741. The predicted molar refractivity (Wildman–Crippen MR) is 146 cm³/mol. The van der Waals surface area contributed by atoms with Gasteiger partial charge < -0.3 is 14.8 Å². The molecule has 1 N–H and O–H groups in total. The van der Waals surface area contributed by atoms with E-state index in [0.29, 0.717) is 22.7 Å². The molecule has 2 aliphatic rings. The minimum atomic E-state index is -0.609. The lowest BCUT2D eigenvalue weighted by Gasteiger charge is -2.23. The highest BCUT2D eigenvalue weighted by Crippen LogP contribution is 2.37. The van der Waals surface area contributed by atoms with Gasteiger partial charge in [-0.05, 0) is 60.3 Å². The lowest BCUT2D eigenvalue weighted by Crippen LogP contribution is -2.48. The SMILES string of the molecule is COc1cc(/C=C2/SC(=S)N(N3C(=O)c4ccccc4C3=O)C2=O)ccc1OCC(=O)Nc1ccccc1. The molecule has 0 radical (unpaired) electrons. The third-order valence-corrected chi connectivity index (χ3v) is 6.93. The molecular weight excluding hydrogens is 526 g/mol. The Bertz CT molecular complexity index is 1490. The number of hydrogen-bond acceptors (Lipinski definition) is 8. The van der Waals surface area contributed by atoms with E-state index in [1.165, 1.54) is 19.2 Å². The van der Waals surface area contributed by atoms with Crippen molar-refractivity contribution in [3.05, 3.63) is 94.4 Å². The van der Waals surface area contributed by atoms with Crippen molar-refractivity contribution in [1.29, 1.82) is 0 Å². The number of hydrazine groups is 1. The molecule has 5 rings (SSSR count). The van der Waals surface area contributed by atoms with Crippen molar-refractivity contribution in [2.45, 2.75) is 0 Å². The number of carbonyl (C=O) groups excluding carboxylic acids is 4. The maximum Gasteiger partial charge on any atom is 0.285 e. The summed E-state index contributed by atoms with van der Waals surface area (Å²) in [6.07, 6.45) is 1.58. The van der Waals surface area contributed by atoms with Crippen LogP contribution in [-0.2, 0) is 9.59 Å². The second kappa shape index (κ2) is 10.5. The zero-order chi connectivity index (χ0) is 26.8. The fourth-order valence-corrected chi connectivity index (χ4v) is 5.14. The van der Waals surface area contributed by atoms with E-state index in [1.807, 2.05) is 18.2 Å². The molecule has 0 spiro atoms. The Labute approximate surface area is 227 Å². The first kappa shape index (κ1) is 25.2. The number of thioether (sulfide) groups is 1. The van der Waals surface area contributed by atoms with Crippen LogP contribution in [0.3, 0.4) is 0 Å². The van der Waals surface area contributed by atoms with Gasteiger partial charge in [-0.15, -0.1) is 0 Å². The molecule has 0 aromatic heterocycles. The zero-order valence-corrected chi connectivity index (χ0v) is 21.5. The summed E-state index contributed by atoms with van der Waals surface area (Å²) in [4.78, 5) is 51.3. The first-order valence-electron chi connectivity index (χ1n) is 11.3. The number of thiocarbonyl (C=S) groups is 1. The Balaban J connectivity index is 1.30. The summed E-state index contributed by atoms with van der Waals surface area (Å²) in [7, 11) is 1.46. The first-order chi connectivity index (χ1) is 18.4. The number of nitrogens with zero attached hydrogens (tertiary/aromatic N) is 2. The van der Waals surface area contributed by atoms with Gasteiger partial charge in [-0.3, -0.25) is 19.2 Å². The minimum absolute atomic E-state index is 0.0621. The van der Waals surface area contributed by atoms with E-state index in [1.54, 1.807) is 48.5 Å². The second-order valence-corrected chi connectivity index (χ2v) is 9.75. The summed E-state index contributed by atoms with van der Waals surface area (Å²) >= 11 is 6.31. The molecule has 1 fully saturated rings. The van der Waals surface area contributed by atoms with Crippen molar-refractivity contribution >= 4 is 63.7 Å². The molecule has 0 saturated carbocycles. The molecule has 2 aliphatic heterocycles. The Hall–Kier alpha value is -4.48. The predicted octanol–water partition coefficient (Wildman–Crippen LogP) is 4.13. The van der Waals surface area contributed by atoms with Gasteiger partial charge in [0.05, 0.1) is 23.1 Å². The van der Waals surface area contributed by atoms with Gasteiger partial charge in [-0.25, -0.2) is 0 Å². The first-order valence-corrected chi connectivity index (χ1v) is 12.5. The highest BCUT2D eigenvalue weighted by molar-refractivity contribution is 8.26. The second-order valence-electron chi connectivity index (χ2n) is 8.07. The van der Waals surface area contributed by atoms with Gasteiger partial charge in [-0.1, -0.05) is 48.2 Å². The Morgan fingerprint density at radius 3 is 2.21 bits per heavy atom. The summed E-state index contributed by atoms with van der Waals surface area (Å²) in [5.74, 6) is -1.45. The molecule has 190 valence electrons. The molecule has 0 atom stereocenters. The highest BCUT2D eigenvalue weighted by atomic mass is 32.2. The highest BCUT2D eigenvalue weighted by Gasteiger charge is 2.46. The van der Waals surface area contributed by atoms with Crippen LogP contribution in [0.1, 0.15) is 26.3 Å². The number of anilines is 1. The Morgan fingerprint density at radius 1 is 0.895 bits per heavy atom. The quantitative estimate of drug-likeness (QED) is 0.269. The van der Waals surface area contributed by atoms with Crippen molar-refractivity contribution in [2.24, 2.45) is 0 Å². The van der Waals surface area contributed by atoms with Crippen LogP contribution in [0.2, 0.25) is 0 Å². The van der Waals surface area contributed by atoms with Gasteiger partial charge in [0, 0.05) is 5.69 Å². The van der Waals surface area contributed by atoms with Gasteiger partial charge in [0.15, 0.2) is 22.4 Å². The van der Waals surface area contributed by atoms with E-state index >= 15 is 0 Å². The molecule has 3 aromatic carbocycles. The minimum Gasteiger partial charge on any atom is -0.493 e. The number of benzene rings is 3. The number of hydrogen-bond donors (Lipinski definition) is 1. The van der Waals surface area contributed by atoms with Gasteiger partial charge in [0.25, 0.3) is 23.6 Å². The van der Waals surface area contributed by atoms with Crippen molar-refractivity contribution in [2.75, 3.05) is 19.0 Å². The molecule has 9 nitrogen and oxygen atoms in total. The van der Waals surface area contributed by atoms with Crippen molar-refractivity contribution < 1.29 is 28.7 Å². The van der Waals surface area contributed by atoms with Crippen LogP contribution in [0.4, 0.5) is 5.69 Å². The number of nitrogens with one attached hydrogen (secondary N) is 1. The van der Waals surface area contributed by atoms with Gasteiger partial charge >= 0.3 is 0 Å². The van der Waals surface area contributed by atoms with Crippen LogP contribution in [0.5, 0.6) is 11.5 Å². The largest absolute Gasteiger partial charge is 0.493 e. The maximum atomic E-state index is 13.2. The molecule has 0 aliphatic carbocycles. The van der Waals surface area contributed by atoms with Crippen molar-refractivity contribution in [1.82, 2.24) is 10.0 Å². The van der Waals surface area contributed by atoms with E-state index in [0.717, 1.165) is 21.8 Å². The van der Waals surface area contributed by atoms with Crippen molar-refractivity contribution in [3.63, 3.8) is 0 Å². The third-order valence-electron chi connectivity index (χ3n) is 5.65. The van der Waals surface area contributed by atoms with Crippen molar-refractivity contribution in [3.8, 4) is 11.5 Å². The molecular formula is C27H19N3O6S2. The van der Waals surface area contributed by atoms with Crippen LogP contribution < -0.4 is 14.8 Å². The molecule has 0 unspecified atom stereocenters. The van der Waals surface area contributed by atoms with E-state index < -0.39 is 17.7 Å². The normalized spacial score (nSPS) is 15.8. The average molecular weight is 546 g/mol. The van der Waals surface area contributed by atoms with E-state index in [-0.39, 0.29) is 32.9 Å². The lowest BCUT2D eigenvalue weighted by atomic mass is 10.1. The fourth-order valence-electron chi connectivity index (χ4n) is 3.90. The standard InChI is InChI=1S/C27H19N3O6S2/c1-35-21-13-16(11-12-20(21)36-15-23(31)28-17-7-3-2-4-8-17)14-22-26(34)30(27(37)38-22)29-24(32)18-9-5-6-10-19(18)25(29)33/h2-14H,15H2,1H3,(H,28,31)/b22-14+.